The third kappa shape index (κ3) is 4.17. The van der Waals surface area contributed by atoms with E-state index in [0.29, 0.717) is 18.0 Å². The zero-order chi connectivity index (χ0) is 17.1. The minimum Gasteiger partial charge on any atom is -0.335 e. The summed E-state index contributed by atoms with van der Waals surface area (Å²) in [5, 5.41) is 3.37. The number of benzene rings is 1. The molecular formula is C21H31N3O. The predicted octanol–water partition coefficient (Wildman–Crippen LogP) is 3.63. The SMILES string of the molecule is O=C(N[C@H]1CCN2CCC[C@@H]2C1)N(Cc1ccccc1)CC1CCC1. The standard InChI is InChI=1S/C21H31N3O/c25-21(22-19-11-13-23-12-5-10-20(23)14-19)24(16-18-8-4-9-18)15-17-6-2-1-3-7-17/h1-3,6-7,18-20H,4-5,8-16H2,(H,22,25)/t19-,20+/m0/s1. The molecule has 3 fully saturated rings. The maximum atomic E-state index is 13.0. The lowest BCUT2D eigenvalue weighted by molar-refractivity contribution is 0.141. The lowest BCUT2D eigenvalue weighted by Gasteiger charge is -2.37. The van der Waals surface area contributed by atoms with Crippen molar-refractivity contribution in [1.29, 1.82) is 0 Å². The van der Waals surface area contributed by atoms with Crippen molar-refractivity contribution < 1.29 is 4.79 Å². The number of nitrogens with zero attached hydrogens (tertiary/aromatic N) is 2. The highest BCUT2D eigenvalue weighted by molar-refractivity contribution is 5.74. The molecule has 1 aromatic rings. The molecule has 2 heterocycles. The summed E-state index contributed by atoms with van der Waals surface area (Å²) in [4.78, 5) is 17.7. The van der Waals surface area contributed by atoms with Crippen LogP contribution < -0.4 is 5.32 Å². The van der Waals surface area contributed by atoms with Crippen LogP contribution in [0.5, 0.6) is 0 Å². The van der Waals surface area contributed by atoms with E-state index in [4.69, 9.17) is 0 Å². The Morgan fingerprint density at radius 2 is 1.92 bits per heavy atom. The summed E-state index contributed by atoms with van der Waals surface area (Å²) in [6, 6.07) is 11.6. The first kappa shape index (κ1) is 16.9. The van der Waals surface area contributed by atoms with Crippen LogP contribution in [0.4, 0.5) is 4.79 Å². The Kier molecular flexibility index (Phi) is 5.25. The van der Waals surface area contributed by atoms with Crippen molar-refractivity contribution in [3.63, 3.8) is 0 Å². The van der Waals surface area contributed by atoms with Crippen molar-refractivity contribution in [2.45, 2.75) is 63.6 Å². The Labute approximate surface area is 151 Å². The molecule has 1 aliphatic carbocycles. The fourth-order valence-electron chi connectivity index (χ4n) is 4.63. The maximum Gasteiger partial charge on any atom is 0.317 e. The molecular weight excluding hydrogens is 310 g/mol. The molecule has 2 amide bonds. The molecule has 25 heavy (non-hydrogen) atoms. The van der Waals surface area contributed by atoms with Crippen molar-refractivity contribution in [3.8, 4) is 0 Å². The van der Waals surface area contributed by atoms with E-state index in [1.165, 1.54) is 44.2 Å². The molecule has 136 valence electrons. The van der Waals surface area contributed by atoms with Gasteiger partial charge in [0.05, 0.1) is 0 Å². The Hall–Kier alpha value is -1.55. The molecule has 0 radical (unpaired) electrons. The highest BCUT2D eigenvalue weighted by Gasteiger charge is 2.33. The maximum absolute atomic E-state index is 13.0. The van der Waals surface area contributed by atoms with Crippen LogP contribution >= 0.6 is 0 Å². The van der Waals surface area contributed by atoms with Gasteiger partial charge < -0.3 is 15.1 Å². The minimum atomic E-state index is 0.146. The number of carbonyl (C=O) groups excluding carboxylic acids is 1. The molecule has 4 heteroatoms. The number of amides is 2. The second-order valence-corrected chi connectivity index (χ2v) is 8.17. The van der Waals surface area contributed by atoms with E-state index >= 15 is 0 Å². The Morgan fingerprint density at radius 1 is 1.08 bits per heavy atom. The Bertz CT molecular complexity index is 572. The molecule has 0 unspecified atom stereocenters. The largest absolute Gasteiger partial charge is 0.335 e. The van der Waals surface area contributed by atoms with Crippen LogP contribution in [0.25, 0.3) is 0 Å². The van der Waals surface area contributed by atoms with Crippen LogP contribution in [0.2, 0.25) is 0 Å². The van der Waals surface area contributed by atoms with Gasteiger partial charge >= 0.3 is 6.03 Å². The number of carbonyl (C=O) groups is 1. The molecule has 2 aliphatic heterocycles. The van der Waals surface area contributed by atoms with E-state index in [2.05, 4.69) is 39.4 Å². The van der Waals surface area contributed by atoms with Gasteiger partial charge in [-0.3, -0.25) is 0 Å². The third-order valence-corrected chi connectivity index (χ3v) is 6.35. The average Bonchev–Trinajstić information content (AvgIpc) is 3.05. The van der Waals surface area contributed by atoms with Gasteiger partial charge in [0.25, 0.3) is 0 Å². The fourth-order valence-corrected chi connectivity index (χ4v) is 4.63. The highest BCUT2D eigenvalue weighted by Crippen LogP contribution is 2.29. The molecule has 4 nitrogen and oxygen atoms in total. The van der Waals surface area contributed by atoms with Crippen LogP contribution in [-0.4, -0.2) is 47.5 Å². The molecule has 0 aromatic heterocycles. The number of piperidine rings is 1. The van der Waals surface area contributed by atoms with Crippen molar-refractivity contribution in [3.05, 3.63) is 35.9 Å². The fraction of sp³-hybridized carbons (Fsp3) is 0.667. The number of fused-ring (bicyclic) bond motifs is 1. The molecule has 2 atom stereocenters. The molecule has 0 spiro atoms. The first-order chi connectivity index (χ1) is 12.3. The molecule has 2 saturated heterocycles. The summed E-state index contributed by atoms with van der Waals surface area (Å²) in [7, 11) is 0. The van der Waals surface area contributed by atoms with Crippen molar-refractivity contribution >= 4 is 6.03 Å². The zero-order valence-electron chi connectivity index (χ0n) is 15.2. The second kappa shape index (κ2) is 7.77. The van der Waals surface area contributed by atoms with Gasteiger partial charge in [-0.1, -0.05) is 36.8 Å². The van der Waals surface area contributed by atoms with E-state index in [0.717, 1.165) is 32.5 Å². The van der Waals surface area contributed by atoms with Gasteiger partial charge in [-0.15, -0.1) is 0 Å². The van der Waals surface area contributed by atoms with Crippen LogP contribution in [0.3, 0.4) is 0 Å². The summed E-state index contributed by atoms with van der Waals surface area (Å²) >= 11 is 0. The third-order valence-electron chi connectivity index (χ3n) is 6.35. The van der Waals surface area contributed by atoms with Gasteiger partial charge in [-0.05, 0) is 56.6 Å². The van der Waals surface area contributed by atoms with E-state index in [9.17, 15) is 4.79 Å². The molecule has 1 saturated carbocycles. The van der Waals surface area contributed by atoms with Gasteiger partial charge in [0.2, 0.25) is 0 Å². The number of rotatable bonds is 5. The van der Waals surface area contributed by atoms with Crippen LogP contribution in [0.15, 0.2) is 30.3 Å². The summed E-state index contributed by atoms with van der Waals surface area (Å²) in [5.41, 5.74) is 1.22. The molecule has 1 aromatic carbocycles. The summed E-state index contributed by atoms with van der Waals surface area (Å²) in [5.74, 6) is 0.700. The second-order valence-electron chi connectivity index (χ2n) is 8.17. The van der Waals surface area contributed by atoms with Gasteiger partial charge in [-0.2, -0.15) is 0 Å². The van der Waals surface area contributed by atoms with Gasteiger partial charge in [0.15, 0.2) is 0 Å². The van der Waals surface area contributed by atoms with Crippen molar-refractivity contribution in [1.82, 2.24) is 15.1 Å². The van der Waals surface area contributed by atoms with Crippen LogP contribution in [0.1, 0.15) is 50.5 Å². The minimum absolute atomic E-state index is 0.146. The zero-order valence-corrected chi connectivity index (χ0v) is 15.2. The summed E-state index contributed by atoms with van der Waals surface area (Å²) < 4.78 is 0. The highest BCUT2D eigenvalue weighted by atomic mass is 16.2. The quantitative estimate of drug-likeness (QED) is 0.888. The first-order valence-electron chi connectivity index (χ1n) is 10.1. The topological polar surface area (TPSA) is 35.6 Å². The van der Waals surface area contributed by atoms with E-state index in [1.54, 1.807) is 0 Å². The smallest absolute Gasteiger partial charge is 0.317 e. The summed E-state index contributed by atoms with van der Waals surface area (Å²) in [6.07, 6.45) is 8.75. The van der Waals surface area contributed by atoms with E-state index < -0.39 is 0 Å². The predicted molar refractivity (Wildman–Crippen MR) is 100 cm³/mol. The molecule has 0 bridgehead atoms. The van der Waals surface area contributed by atoms with Gasteiger partial charge in [-0.25, -0.2) is 4.79 Å². The van der Waals surface area contributed by atoms with E-state index in [-0.39, 0.29) is 6.03 Å². The number of hydrogen-bond donors (Lipinski definition) is 1. The van der Waals surface area contributed by atoms with E-state index in [1.807, 2.05) is 6.07 Å². The number of urea groups is 1. The van der Waals surface area contributed by atoms with Gasteiger partial charge in [0, 0.05) is 31.7 Å². The van der Waals surface area contributed by atoms with Crippen molar-refractivity contribution in [2.24, 2.45) is 5.92 Å². The molecule has 4 rings (SSSR count). The lowest BCUT2D eigenvalue weighted by Crippen LogP contribution is -2.51. The van der Waals surface area contributed by atoms with Crippen LogP contribution in [0, 0.1) is 5.92 Å². The lowest BCUT2D eigenvalue weighted by atomic mass is 9.85. The average molecular weight is 341 g/mol. The monoisotopic (exact) mass is 341 g/mol. The first-order valence-corrected chi connectivity index (χ1v) is 10.1. The Morgan fingerprint density at radius 3 is 2.68 bits per heavy atom. The van der Waals surface area contributed by atoms with Crippen LogP contribution in [-0.2, 0) is 6.54 Å². The Balaban J connectivity index is 1.36. The normalized spacial score (nSPS) is 26.7. The number of nitrogens with one attached hydrogen (secondary N) is 1. The molecule has 3 aliphatic rings. The van der Waals surface area contributed by atoms with Crippen molar-refractivity contribution in [2.75, 3.05) is 19.6 Å². The summed E-state index contributed by atoms with van der Waals surface area (Å²) in [6.45, 7) is 4.04. The number of hydrogen-bond acceptors (Lipinski definition) is 2. The van der Waals surface area contributed by atoms with Gasteiger partial charge in [0.1, 0.15) is 0 Å². The molecule has 1 N–H and O–H groups in total.